The molecule has 1 aliphatic heterocycles. The molecular formula is C14H18N4O. The molecule has 5 heteroatoms. The first-order chi connectivity index (χ1) is 9.31. The van der Waals surface area contributed by atoms with Crippen LogP contribution >= 0.6 is 0 Å². The quantitative estimate of drug-likeness (QED) is 0.787. The summed E-state index contributed by atoms with van der Waals surface area (Å²) >= 11 is 0. The van der Waals surface area contributed by atoms with Gasteiger partial charge >= 0.3 is 0 Å². The average molecular weight is 258 g/mol. The van der Waals surface area contributed by atoms with Gasteiger partial charge in [-0.3, -0.25) is 4.79 Å². The number of aromatic nitrogens is 2. The van der Waals surface area contributed by atoms with Crippen LogP contribution in [0.1, 0.15) is 19.3 Å². The lowest BCUT2D eigenvalue weighted by atomic mass is 9.96. The Morgan fingerprint density at radius 1 is 1.47 bits per heavy atom. The van der Waals surface area contributed by atoms with Gasteiger partial charge in [-0.05, 0) is 50.0 Å². The van der Waals surface area contributed by atoms with Crippen LogP contribution in [0.3, 0.4) is 0 Å². The zero-order chi connectivity index (χ0) is 13.1. The van der Waals surface area contributed by atoms with Gasteiger partial charge in [0.2, 0.25) is 5.91 Å². The largest absolute Gasteiger partial charge is 0.345 e. The Hall–Kier alpha value is -1.88. The average Bonchev–Trinajstić information content (AvgIpc) is 2.87. The number of aromatic amines is 1. The fourth-order valence-corrected chi connectivity index (χ4v) is 2.59. The highest BCUT2D eigenvalue weighted by Crippen LogP contribution is 2.18. The number of hydrogen-bond acceptors (Lipinski definition) is 3. The van der Waals surface area contributed by atoms with E-state index in [2.05, 4.69) is 20.6 Å². The van der Waals surface area contributed by atoms with E-state index < -0.39 is 0 Å². The summed E-state index contributed by atoms with van der Waals surface area (Å²) < 4.78 is 0. The minimum atomic E-state index is 0.0903. The normalized spacial score (nSPS) is 19.5. The summed E-state index contributed by atoms with van der Waals surface area (Å²) in [6.45, 7) is 2.03. The van der Waals surface area contributed by atoms with Gasteiger partial charge in [-0.15, -0.1) is 0 Å². The van der Waals surface area contributed by atoms with Crippen LogP contribution in [0.2, 0.25) is 0 Å². The highest BCUT2D eigenvalue weighted by Gasteiger charge is 2.16. The molecule has 1 aliphatic rings. The number of piperidine rings is 1. The number of hydrogen-bond donors (Lipinski definition) is 3. The Morgan fingerprint density at radius 3 is 3.26 bits per heavy atom. The van der Waals surface area contributed by atoms with Crippen LogP contribution in [0.15, 0.2) is 24.5 Å². The molecule has 2 heterocycles. The zero-order valence-corrected chi connectivity index (χ0v) is 10.8. The summed E-state index contributed by atoms with van der Waals surface area (Å²) in [6, 6.07) is 5.71. The summed E-state index contributed by atoms with van der Waals surface area (Å²) in [5.74, 6) is 0.553. The standard InChI is InChI=1S/C14H18N4O/c19-14(6-10-2-1-5-15-8-10)18-11-3-4-12-13(7-11)17-9-16-12/h3-4,7,9-10,15H,1-2,5-6,8H2,(H,16,17)(H,18,19). The first-order valence-electron chi connectivity index (χ1n) is 6.75. The minimum Gasteiger partial charge on any atom is -0.345 e. The van der Waals surface area contributed by atoms with E-state index in [0.29, 0.717) is 12.3 Å². The molecule has 3 N–H and O–H groups in total. The van der Waals surface area contributed by atoms with Gasteiger partial charge in [0.25, 0.3) is 0 Å². The van der Waals surface area contributed by atoms with Crippen LogP contribution < -0.4 is 10.6 Å². The predicted molar refractivity (Wildman–Crippen MR) is 74.9 cm³/mol. The number of carbonyl (C=O) groups excluding carboxylic acids is 1. The predicted octanol–water partition coefficient (Wildman–Crippen LogP) is 1.89. The van der Waals surface area contributed by atoms with Gasteiger partial charge in [0, 0.05) is 12.1 Å². The SMILES string of the molecule is O=C(CC1CCCNC1)Nc1ccc2nc[nH]c2c1. The number of benzene rings is 1. The Balaban J connectivity index is 1.61. The molecule has 1 amide bonds. The highest BCUT2D eigenvalue weighted by molar-refractivity contribution is 5.93. The molecule has 1 saturated heterocycles. The number of imidazole rings is 1. The lowest BCUT2D eigenvalue weighted by Gasteiger charge is -2.22. The van der Waals surface area contributed by atoms with Crippen molar-refractivity contribution in [3.05, 3.63) is 24.5 Å². The maximum Gasteiger partial charge on any atom is 0.224 e. The summed E-state index contributed by atoms with van der Waals surface area (Å²) in [5.41, 5.74) is 2.68. The molecule has 3 rings (SSSR count). The van der Waals surface area contributed by atoms with Crippen LogP contribution in [0.5, 0.6) is 0 Å². The van der Waals surface area contributed by atoms with Crippen molar-refractivity contribution < 1.29 is 4.79 Å². The van der Waals surface area contributed by atoms with Crippen molar-refractivity contribution in [3.8, 4) is 0 Å². The molecule has 1 atom stereocenters. The van der Waals surface area contributed by atoms with Gasteiger partial charge in [0.1, 0.15) is 0 Å². The number of nitrogens with one attached hydrogen (secondary N) is 3. The molecule has 5 nitrogen and oxygen atoms in total. The lowest BCUT2D eigenvalue weighted by Crippen LogP contribution is -2.32. The van der Waals surface area contributed by atoms with Crippen molar-refractivity contribution >= 4 is 22.6 Å². The van der Waals surface area contributed by atoms with Crippen LogP contribution in [0.4, 0.5) is 5.69 Å². The maximum atomic E-state index is 12.0. The van der Waals surface area contributed by atoms with E-state index >= 15 is 0 Å². The molecule has 1 fully saturated rings. The third-order valence-electron chi connectivity index (χ3n) is 3.58. The fourth-order valence-electron chi connectivity index (χ4n) is 2.59. The summed E-state index contributed by atoms with van der Waals surface area (Å²) in [7, 11) is 0. The van der Waals surface area contributed by atoms with Gasteiger partial charge < -0.3 is 15.6 Å². The maximum absolute atomic E-state index is 12.0. The Bertz CT molecular complexity index is 572. The van der Waals surface area contributed by atoms with Crippen molar-refractivity contribution in [2.75, 3.05) is 18.4 Å². The Labute approximate surface area is 111 Å². The third kappa shape index (κ3) is 2.93. The number of amides is 1. The molecule has 100 valence electrons. The molecule has 2 aromatic rings. The third-order valence-corrected chi connectivity index (χ3v) is 3.58. The van der Waals surface area contributed by atoms with E-state index in [1.165, 1.54) is 0 Å². The first-order valence-corrected chi connectivity index (χ1v) is 6.75. The summed E-state index contributed by atoms with van der Waals surface area (Å²) in [6.07, 6.45) is 4.55. The summed E-state index contributed by atoms with van der Waals surface area (Å²) in [4.78, 5) is 19.2. The van der Waals surface area contributed by atoms with E-state index in [4.69, 9.17) is 0 Å². The second-order valence-electron chi connectivity index (χ2n) is 5.10. The monoisotopic (exact) mass is 258 g/mol. The molecule has 0 radical (unpaired) electrons. The van der Waals surface area contributed by atoms with E-state index in [0.717, 1.165) is 42.7 Å². The molecule has 0 aliphatic carbocycles. The molecule has 0 saturated carbocycles. The topological polar surface area (TPSA) is 69.8 Å². The van der Waals surface area contributed by atoms with Gasteiger partial charge in [-0.2, -0.15) is 0 Å². The molecular weight excluding hydrogens is 240 g/mol. The van der Waals surface area contributed by atoms with E-state index in [1.54, 1.807) is 6.33 Å². The second kappa shape index (κ2) is 5.40. The minimum absolute atomic E-state index is 0.0903. The number of carbonyl (C=O) groups is 1. The number of anilines is 1. The van der Waals surface area contributed by atoms with Crippen molar-refractivity contribution in [1.82, 2.24) is 15.3 Å². The van der Waals surface area contributed by atoms with Crippen LogP contribution in [0, 0.1) is 5.92 Å². The van der Waals surface area contributed by atoms with Crippen molar-refractivity contribution in [3.63, 3.8) is 0 Å². The van der Waals surface area contributed by atoms with Gasteiger partial charge in [-0.1, -0.05) is 0 Å². The Kier molecular flexibility index (Phi) is 3.46. The molecule has 0 spiro atoms. The molecule has 0 bridgehead atoms. The highest BCUT2D eigenvalue weighted by atomic mass is 16.1. The van der Waals surface area contributed by atoms with E-state index in [9.17, 15) is 4.79 Å². The molecule has 1 aromatic heterocycles. The van der Waals surface area contributed by atoms with Crippen molar-refractivity contribution in [2.24, 2.45) is 5.92 Å². The van der Waals surface area contributed by atoms with Crippen LogP contribution in [-0.2, 0) is 4.79 Å². The van der Waals surface area contributed by atoms with Crippen LogP contribution in [-0.4, -0.2) is 29.0 Å². The molecule has 1 unspecified atom stereocenters. The number of fused-ring (bicyclic) bond motifs is 1. The fraction of sp³-hybridized carbons (Fsp3) is 0.429. The van der Waals surface area contributed by atoms with Gasteiger partial charge in [0.15, 0.2) is 0 Å². The van der Waals surface area contributed by atoms with Crippen molar-refractivity contribution in [1.29, 1.82) is 0 Å². The molecule has 1 aromatic carbocycles. The lowest BCUT2D eigenvalue weighted by molar-refractivity contribution is -0.117. The smallest absolute Gasteiger partial charge is 0.224 e. The van der Waals surface area contributed by atoms with Crippen LogP contribution in [0.25, 0.3) is 11.0 Å². The van der Waals surface area contributed by atoms with Gasteiger partial charge in [-0.25, -0.2) is 4.98 Å². The number of rotatable bonds is 3. The second-order valence-corrected chi connectivity index (χ2v) is 5.10. The Morgan fingerprint density at radius 2 is 2.42 bits per heavy atom. The number of nitrogens with zero attached hydrogens (tertiary/aromatic N) is 1. The van der Waals surface area contributed by atoms with Gasteiger partial charge in [0.05, 0.1) is 17.4 Å². The first kappa shape index (κ1) is 12.2. The molecule has 19 heavy (non-hydrogen) atoms. The number of H-pyrrole nitrogens is 1. The van der Waals surface area contributed by atoms with E-state index in [1.807, 2.05) is 18.2 Å². The van der Waals surface area contributed by atoms with Crippen molar-refractivity contribution in [2.45, 2.75) is 19.3 Å². The summed E-state index contributed by atoms with van der Waals surface area (Å²) in [5, 5.41) is 6.29. The zero-order valence-electron chi connectivity index (χ0n) is 10.8. The van der Waals surface area contributed by atoms with E-state index in [-0.39, 0.29) is 5.91 Å².